The smallest absolute Gasteiger partial charge is 0.407 e. The van der Waals surface area contributed by atoms with Gasteiger partial charge in [0.05, 0.1) is 6.61 Å². The topological polar surface area (TPSA) is 132 Å². The summed E-state index contributed by atoms with van der Waals surface area (Å²) in [5.41, 5.74) is 10.6. The second kappa shape index (κ2) is 44.3. The summed E-state index contributed by atoms with van der Waals surface area (Å²) < 4.78 is 20.6. The maximum Gasteiger partial charge on any atom is 0.407 e. The SMILES string of the molecule is C.C.CCCCCCCCCCCCCC(CCN)O[Si](c1ccccc1)(c1ccccc1)C(C)(C)C.CCCCCCCCCCCCCC(CCNC(=O)[C@H](CO)NC(=O)OCC1c2ccccc2-c2ccccc21)O[Si](c1ccccc1)(c1ccccc1)C(C)(C)C. The van der Waals surface area contributed by atoms with E-state index in [2.05, 4.69) is 212 Å². The summed E-state index contributed by atoms with van der Waals surface area (Å²) >= 11 is 0. The zero-order valence-corrected chi connectivity index (χ0v) is 60.8. The summed E-state index contributed by atoms with van der Waals surface area (Å²) in [5, 5.41) is 20.8. The summed E-state index contributed by atoms with van der Waals surface area (Å²) in [6.45, 7) is 19.1. The van der Waals surface area contributed by atoms with Crippen LogP contribution in [0.1, 0.15) is 254 Å². The third-order valence-corrected chi connectivity index (χ3v) is 29.4. The van der Waals surface area contributed by atoms with E-state index in [9.17, 15) is 14.7 Å². The van der Waals surface area contributed by atoms with Gasteiger partial charge in [0, 0.05) is 24.7 Å². The molecule has 0 bridgehead atoms. The van der Waals surface area contributed by atoms with E-state index in [0.717, 1.165) is 54.4 Å². The molecule has 11 heteroatoms. The quantitative estimate of drug-likeness (QED) is 0.0222. The number of fused-ring (bicyclic) bond motifs is 3. The first-order chi connectivity index (χ1) is 45.1. The van der Waals surface area contributed by atoms with Crippen LogP contribution in [0.15, 0.2) is 170 Å². The molecule has 6 aromatic rings. The molecule has 0 heterocycles. The van der Waals surface area contributed by atoms with E-state index in [4.69, 9.17) is 19.3 Å². The van der Waals surface area contributed by atoms with Crippen molar-refractivity contribution in [2.75, 3.05) is 26.3 Å². The van der Waals surface area contributed by atoms with Crippen molar-refractivity contribution in [1.82, 2.24) is 10.6 Å². The van der Waals surface area contributed by atoms with Crippen molar-refractivity contribution < 1.29 is 28.3 Å². The normalized spacial score (nSPS) is 13.2. The van der Waals surface area contributed by atoms with Gasteiger partial charge in [0.1, 0.15) is 12.6 Å². The number of carbonyl (C=O) groups excluding carboxylic acids is 2. The Balaban J connectivity index is 0.000000446. The fraction of sp³-hybridized carbons (Fsp3) is 0.548. The largest absolute Gasteiger partial charge is 0.449 e. The molecule has 7 rings (SSSR count). The number of rotatable bonds is 42. The van der Waals surface area contributed by atoms with Gasteiger partial charge in [0.2, 0.25) is 5.91 Å². The molecule has 524 valence electrons. The van der Waals surface area contributed by atoms with E-state index in [1.54, 1.807) is 0 Å². The van der Waals surface area contributed by atoms with E-state index in [-0.39, 0.29) is 49.7 Å². The van der Waals surface area contributed by atoms with Crippen LogP contribution in [0.2, 0.25) is 10.1 Å². The van der Waals surface area contributed by atoms with Gasteiger partial charge in [0.25, 0.3) is 16.6 Å². The number of nitrogens with two attached hydrogens (primary N) is 1. The average Bonchev–Trinajstić information content (AvgIpc) is 1.49. The molecule has 6 aromatic carbocycles. The predicted molar refractivity (Wildman–Crippen MR) is 411 cm³/mol. The molecular weight excluding hydrogens is 1200 g/mol. The summed E-state index contributed by atoms with van der Waals surface area (Å²) in [7, 11) is -5.34. The van der Waals surface area contributed by atoms with E-state index in [1.165, 1.54) is 149 Å². The lowest BCUT2D eigenvalue weighted by Crippen LogP contribution is -2.67. The van der Waals surface area contributed by atoms with Crippen molar-refractivity contribution in [3.63, 3.8) is 0 Å². The Morgan fingerprint density at radius 2 is 0.768 bits per heavy atom. The highest BCUT2D eigenvalue weighted by atomic mass is 28.4. The number of ether oxygens (including phenoxy) is 1. The van der Waals surface area contributed by atoms with Crippen molar-refractivity contribution in [1.29, 1.82) is 0 Å². The van der Waals surface area contributed by atoms with Gasteiger partial charge in [-0.05, 0) is 85.3 Å². The molecule has 0 fully saturated rings. The molecule has 0 aromatic heterocycles. The third kappa shape index (κ3) is 25.0. The second-order valence-electron chi connectivity index (χ2n) is 28.3. The Kier molecular flexibility index (Phi) is 38.1. The van der Waals surface area contributed by atoms with Crippen LogP contribution in [0.4, 0.5) is 4.79 Å². The maximum atomic E-state index is 13.5. The number of aliphatic hydroxyl groups is 1. The van der Waals surface area contributed by atoms with Gasteiger partial charge in [-0.2, -0.15) is 0 Å². The zero-order valence-electron chi connectivity index (χ0n) is 58.8. The van der Waals surface area contributed by atoms with Crippen LogP contribution in [0.25, 0.3) is 11.1 Å². The van der Waals surface area contributed by atoms with Gasteiger partial charge in [-0.25, -0.2) is 4.79 Å². The van der Waals surface area contributed by atoms with Gasteiger partial charge in [-0.1, -0.05) is 381 Å². The van der Waals surface area contributed by atoms with Crippen LogP contribution < -0.4 is 37.1 Å². The van der Waals surface area contributed by atoms with Crippen molar-refractivity contribution in [2.24, 2.45) is 5.73 Å². The van der Waals surface area contributed by atoms with Crippen LogP contribution >= 0.6 is 0 Å². The highest BCUT2D eigenvalue weighted by Gasteiger charge is 2.52. The number of hydrogen-bond acceptors (Lipinski definition) is 7. The lowest BCUT2D eigenvalue weighted by atomic mass is 9.98. The fourth-order valence-electron chi connectivity index (χ4n) is 14.1. The first-order valence-corrected chi connectivity index (χ1v) is 40.2. The van der Waals surface area contributed by atoms with Crippen LogP contribution in [-0.2, 0) is 18.4 Å². The molecular formula is C84H129N3O6Si2. The number of aliphatic hydroxyl groups excluding tert-OH is 1. The molecule has 0 aliphatic heterocycles. The van der Waals surface area contributed by atoms with Crippen molar-refractivity contribution >= 4 is 49.4 Å². The van der Waals surface area contributed by atoms with Gasteiger partial charge in [-0.15, -0.1) is 0 Å². The van der Waals surface area contributed by atoms with E-state index >= 15 is 0 Å². The average molecular weight is 1330 g/mol. The molecule has 0 radical (unpaired) electrons. The second-order valence-corrected chi connectivity index (χ2v) is 36.8. The summed E-state index contributed by atoms with van der Waals surface area (Å²) in [6.07, 6.45) is 32.0. The molecule has 2 unspecified atom stereocenters. The Hall–Kier alpha value is -5.67. The summed E-state index contributed by atoms with van der Waals surface area (Å²) in [5.74, 6) is -0.553. The molecule has 9 nitrogen and oxygen atoms in total. The Bertz CT molecular complexity index is 2850. The number of alkyl carbamates (subject to hydrolysis) is 1. The fourth-order valence-corrected chi connectivity index (χ4v) is 23.6. The molecule has 5 N–H and O–H groups in total. The summed E-state index contributed by atoms with van der Waals surface area (Å²) in [6, 6.07) is 58.6. The van der Waals surface area contributed by atoms with Gasteiger partial charge >= 0.3 is 6.09 Å². The third-order valence-electron chi connectivity index (χ3n) is 19.2. The van der Waals surface area contributed by atoms with Crippen LogP contribution in [0.5, 0.6) is 0 Å². The minimum absolute atomic E-state index is 0. The monoisotopic (exact) mass is 1330 g/mol. The van der Waals surface area contributed by atoms with Gasteiger partial charge < -0.3 is 35.1 Å². The Morgan fingerprint density at radius 3 is 1.09 bits per heavy atom. The number of benzene rings is 6. The summed E-state index contributed by atoms with van der Waals surface area (Å²) in [4.78, 5) is 26.5. The molecule has 2 amide bonds. The molecule has 1 aliphatic rings. The number of unbranched alkanes of at least 4 members (excludes halogenated alkanes) is 20. The van der Waals surface area contributed by atoms with Crippen LogP contribution in [0.3, 0.4) is 0 Å². The first-order valence-electron chi connectivity index (χ1n) is 36.4. The number of carbonyl (C=O) groups is 2. The molecule has 1 aliphatic carbocycles. The molecule has 0 saturated heterocycles. The predicted octanol–water partition coefficient (Wildman–Crippen LogP) is 19.3. The molecule has 3 atom stereocenters. The van der Waals surface area contributed by atoms with E-state index in [1.807, 2.05) is 24.3 Å². The first kappa shape index (κ1) is 81.8. The highest BCUT2D eigenvalue weighted by Crippen LogP contribution is 2.45. The molecule has 95 heavy (non-hydrogen) atoms. The Morgan fingerprint density at radius 1 is 0.453 bits per heavy atom. The lowest BCUT2D eigenvalue weighted by Gasteiger charge is -2.45. The highest BCUT2D eigenvalue weighted by molar-refractivity contribution is 7.00. The minimum Gasteiger partial charge on any atom is -0.449 e. The number of amides is 2. The molecule has 0 saturated carbocycles. The van der Waals surface area contributed by atoms with Gasteiger partial charge in [0.15, 0.2) is 0 Å². The zero-order chi connectivity index (χ0) is 66.6. The molecule has 0 spiro atoms. The van der Waals surface area contributed by atoms with Crippen molar-refractivity contribution in [3.8, 4) is 11.1 Å². The van der Waals surface area contributed by atoms with Crippen molar-refractivity contribution in [3.05, 3.63) is 181 Å². The van der Waals surface area contributed by atoms with E-state index < -0.39 is 41.3 Å². The number of hydrogen-bond donors (Lipinski definition) is 4. The van der Waals surface area contributed by atoms with Gasteiger partial charge in [-0.3, -0.25) is 4.79 Å². The maximum absolute atomic E-state index is 13.5. The van der Waals surface area contributed by atoms with Crippen LogP contribution in [0, 0.1) is 0 Å². The minimum atomic E-state index is -2.83. The van der Waals surface area contributed by atoms with E-state index in [0.29, 0.717) is 19.5 Å². The Labute approximate surface area is 580 Å². The standard InChI is InChI=1S/C50H68N2O5Si.C32H53NOSi.2CH4/c1-5-6-7-8-9-10-11-12-13-14-17-26-39(57-58(50(2,3)4,40-27-18-15-19-28-40)41-29-20-16-21-30-41)35-36-51-48(54)47(37-53)52-49(55)56-38-46-44-33-24-22-31-42(44)43-32-23-25-34-45(43)46;1-5-6-7-8-9-10-11-12-13-14-17-22-29(27-28-33)34-35(32(2,3)4,30-23-18-15-19-24-30)31-25-20-16-21-26-31;;/h15-16,18-25,27-34,39,46-47,53H,5-14,17,26,35-38H2,1-4H3,(H,51,54)(H,52,55);15-16,18-21,23-26,29H,5-14,17,22,27-28,33H2,1-4H3;2*1H4/t39?,47-;;;/m0.../s1. The number of nitrogens with one attached hydrogen (secondary N) is 2. The lowest BCUT2D eigenvalue weighted by molar-refractivity contribution is -0.124. The van der Waals surface area contributed by atoms with Crippen LogP contribution in [-0.4, -0.2) is 78.3 Å². The van der Waals surface area contributed by atoms with Crippen molar-refractivity contribution in [2.45, 2.75) is 271 Å².